The van der Waals surface area contributed by atoms with Crippen LogP contribution in [-0.2, 0) is 4.79 Å². The second-order valence-electron chi connectivity index (χ2n) is 2.55. The lowest BCUT2D eigenvalue weighted by Gasteiger charge is -2.19. The van der Waals surface area contributed by atoms with Crippen LogP contribution in [0.15, 0.2) is 0 Å². The number of hydrogen-bond acceptors (Lipinski definition) is 3. The Balaban J connectivity index is 3.69. The standard InChI is InChI=1S/C8H18N2O2/c1-3-10(6-7-11)8(12)4-5-9-2/h9,11H,3-7H2,1-2H3. The number of rotatable bonds is 6. The van der Waals surface area contributed by atoms with E-state index < -0.39 is 0 Å². The van der Waals surface area contributed by atoms with Crippen LogP contribution in [0.5, 0.6) is 0 Å². The summed E-state index contributed by atoms with van der Waals surface area (Å²) < 4.78 is 0. The molecular formula is C8H18N2O2. The summed E-state index contributed by atoms with van der Waals surface area (Å²) in [7, 11) is 1.82. The van der Waals surface area contributed by atoms with Crippen molar-refractivity contribution in [1.82, 2.24) is 10.2 Å². The molecule has 0 heterocycles. The molecular weight excluding hydrogens is 156 g/mol. The zero-order valence-electron chi connectivity index (χ0n) is 7.84. The molecule has 0 saturated heterocycles. The molecule has 0 atom stereocenters. The number of aliphatic hydroxyl groups is 1. The summed E-state index contributed by atoms with van der Waals surface area (Å²) in [6, 6.07) is 0. The van der Waals surface area contributed by atoms with Crippen molar-refractivity contribution < 1.29 is 9.90 Å². The lowest BCUT2D eigenvalue weighted by molar-refractivity contribution is -0.131. The zero-order valence-corrected chi connectivity index (χ0v) is 7.84. The number of hydrogen-bond donors (Lipinski definition) is 2. The van der Waals surface area contributed by atoms with Gasteiger partial charge in [0.25, 0.3) is 0 Å². The van der Waals surface area contributed by atoms with Crippen LogP contribution < -0.4 is 5.32 Å². The molecule has 4 nitrogen and oxygen atoms in total. The van der Waals surface area contributed by atoms with Gasteiger partial charge < -0.3 is 15.3 Å². The highest BCUT2D eigenvalue weighted by molar-refractivity contribution is 5.76. The zero-order chi connectivity index (χ0) is 9.40. The van der Waals surface area contributed by atoms with Gasteiger partial charge >= 0.3 is 0 Å². The van der Waals surface area contributed by atoms with Gasteiger partial charge in [0.1, 0.15) is 0 Å². The fourth-order valence-electron chi connectivity index (χ4n) is 0.970. The van der Waals surface area contributed by atoms with E-state index in [1.807, 2.05) is 14.0 Å². The number of carbonyl (C=O) groups excluding carboxylic acids is 1. The minimum atomic E-state index is 0.0408. The fourth-order valence-corrected chi connectivity index (χ4v) is 0.970. The van der Waals surface area contributed by atoms with E-state index in [1.165, 1.54) is 0 Å². The Morgan fingerprint density at radius 2 is 2.25 bits per heavy atom. The molecule has 0 spiro atoms. The van der Waals surface area contributed by atoms with Crippen molar-refractivity contribution in [2.75, 3.05) is 33.3 Å². The third-order valence-corrected chi connectivity index (χ3v) is 1.69. The van der Waals surface area contributed by atoms with Crippen molar-refractivity contribution in [3.05, 3.63) is 0 Å². The molecule has 0 rings (SSSR count). The summed E-state index contributed by atoms with van der Waals surface area (Å²) in [5, 5.41) is 11.5. The van der Waals surface area contributed by atoms with E-state index in [2.05, 4.69) is 5.32 Å². The van der Waals surface area contributed by atoms with Crippen LogP contribution in [0.2, 0.25) is 0 Å². The molecule has 0 radical (unpaired) electrons. The molecule has 0 aliphatic rings. The molecule has 72 valence electrons. The van der Waals surface area contributed by atoms with Crippen LogP contribution in [0.4, 0.5) is 0 Å². The minimum Gasteiger partial charge on any atom is -0.395 e. The van der Waals surface area contributed by atoms with Gasteiger partial charge in [-0.05, 0) is 14.0 Å². The summed E-state index contributed by atoms with van der Waals surface area (Å²) in [5.41, 5.74) is 0. The van der Waals surface area contributed by atoms with Crippen LogP contribution >= 0.6 is 0 Å². The second-order valence-corrected chi connectivity index (χ2v) is 2.55. The van der Waals surface area contributed by atoms with E-state index in [9.17, 15) is 4.79 Å². The molecule has 0 aromatic rings. The second kappa shape index (κ2) is 7.06. The van der Waals surface area contributed by atoms with Gasteiger partial charge in [-0.1, -0.05) is 0 Å². The first-order valence-electron chi connectivity index (χ1n) is 4.29. The summed E-state index contributed by atoms with van der Waals surface area (Å²) in [6.07, 6.45) is 0.504. The van der Waals surface area contributed by atoms with Gasteiger partial charge in [-0.2, -0.15) is 0 Å². The highest BCUT2D eigenvalue weighted by atomic mass is 16.3. The summed E-state index contributed by atoms with van der Waals surface area (Å²) >= 11 is 0. The number of aliphatic hydroxyl groups excluding tert-OH is 1. The van der Waals surface area contributed by atoms with Crippen molar-refractivity contribution in [3.63, 3.8) is 0 Å². The predicted octanol–water partition coefficient (Wildman–Crippen LogP) is -0.563. The predicted molar refractivity (Wildman–Crippen MR) is 47.9 cm³/mol. The highest BCUT2D eigenvalue weighted by Crippen LogP contribution is 1.92. The van der Waals surface area contributed by atoms with Gasteiger partial charge in [-0.15, -0.1) is 0 Å². The van der Waals surface area contributed by atoms with E-state index in [0.717, 1.165) is 0 Å². The monoisotopic (exact) mass is 174 g/mol. The maximum absolute atomic E-state index is 11.3. The van der Waals surface area contributed by atoms with Crippen molar-refractivity contribution in [2.45, 2.75) is 13.3 Å². The Labute approximate surface area is 73.6 Å². The Morgan fingerprint density at radius 1 is 1.58 bits per heavy atom. The van der Waals surface area contributed by atoms with Gasteiger partial charge in [0.05, 0.1) is 6.61 Å². The van der Waals surface area contributed by atoms with Crippen molar-refractivity contribution in [3.8, 4) is 0 Å². The van der Waals surface area contributed by atoms with Gasteiger partial charge in [0.2, 0.25) is 5.91 Å². The van der Waals surface area contributed by atoms with E-state index in [1.54, 1.807) is 4.90 Å². The van der Waals surface area contributed by atoms with Crippen molar-refractivity contribution in [1.29, 1.82) is 0 Å². The molecule has 0 aromatic heterocycles. The summed E-state index contributed by atoms with van der Waals surface area (Å²) in [5.74, 6) is 0.0981. The summed E-state index contributed by atoms with van der Waals surface area (Å²) in [4.78, 5) is 12.9. The Morgan fingerprint density at radius 3 is 2.67 bits per heavy atom. The topological polar surface area (TPSA) is 52.6 Å². The Bertz CT molecular complexity index is 128. The van der Waals surface area contributed by atoms with Crippen molar-refractivity contribution in [2.24, 2.45) is 0 Å². The average molecular weight is 174 g/mol. The molecule has 2 N–H and O–H groups in total. The highest BCUT2D eigenvalue weighted by Gasteiger charge is 2.08. The number of nitrogens with one attached hydrogen (secondary N) is 1. The molecule has 4 heteroatoms. The fraction of sp³-hybridized carbons (Fsp3) is 0.875. The SMILES string of the molecule is CCN(CCO)C(=O)CCNC. The first-order valence-corrected chi connectivity index (χ1v) is 4.29. The van der Waals surface area contributed by atoms with E-state index in [4.69, 9.17) is 5.11 Å². The van der Waals surface area contributed by atoms with Crippen LogP contribution in [-0.4, -0.2) is 49.2 Å². The molecule has 0 aliphatic heterocycles. The van der Waals surface area contributed by atoms with Crippen LogP contribution in [0.3, 0.4) is 0 Å². The van der Waals surface area contributed by atoms with Gasteiger partial charge in [-0.3, -0.25) is 4.79 Å². The van der Waals surface area contributed by atoms with E-state index in [-0.39, 0.29) is 12.5 Å². The number of amides is 1. The third kappa shape index (κ3) is 4.31. The quantitative estimate of drug-likeness (QED) is 0.567. The molecule has 1 amide bonds. The van der Waals surface area contributed by atoms with Gasteiger partial charge in [0, 0.05) is 26.1 Å². The lowest BCUT2D eigenvalue weighted by Crippen LogP contribution is -2.34. The lowest BCUT2D eigenvalue weighted by atomic mass is 10.3. The first-order chi connectivity index (χ1) is 5.76. The number of nitrogens with zero attached hydrogens (tertiary/aromatic N) is 1. The maximum atomic E-state index is 11.3. The van der Waals surface area contributed by atoms with Crippen LogP contribution in [0.25, 0.3) is 0 Å². The number of likely N-dealkylation sites (N-methyl/N-ethyl adjacent to an activating group) is 1. The van der Waals surface area contributed by atoms with Crippen molar-refractivity contribution >= 4 is 5.91 Å². The van der Waals surface area contributed by atoms with Crippen LogP contribution in [0, 0.1) is 0 Å². The molecule has 0 unspecified atom stereocenters. The molecule has 0 saturated carbocycles. The minimum absolute atomic E-state index is 0.0408. The third-order valence-electron chi connectivity index (χ3n) is 1.69. The normalized spacial score (nSPS) is 9.92. The first kappa shape index (κ1) is 11.4. The molecule has 0 bridgehead atoms. The number of carbonyl (C=O) groups is 1. The Hall–Kier alpha value is -0.610. The van der Waals surface area contributed by atoms with E-state index in [0.29, 0.717) is 26.1 Å². The molecule has 0 fully saturated rings. The smallest absolute Gasteiger partial charge is 0.223 e. The summed E-state index contributed by atoms with van der Waals surface area (Å²) in [6.45, 7) is 3.76. The van der Waals surface area contributed by atoms with Crippen LogP contribution in [0.1, 0.15) is 13.3 Å². The average Bonchev–Trinajstić information content (AvgIpc) is 2.10. The van der Waals surface area contributed by atoms with Gasteiger partial charge in [-0.25, -0.2) is 0 Å². The molecule has 12 heavy (non-hydrogen) atoms. The molecule has 0 aliphatic carbocycles. The van der Waals surface area contributed by atoms with Gasteiger partial charge in [0.15, 0.2) is 0 Å². The Kier molecular flexibility index (Phi) is 6.70. The van der Waals surface area contributed by atoms with E-state index >= 15 is 0 Å². The molecule has 0 aromatic carbocycles. The largest absolute Gasteiger partial charge is 0.395 e. The maximum Gasteiger partial charge on any atom is 0.223 e.